The van der Waals surface area contributed by atoms with E-state index in [1.807, 2.05) is 0 Å². The third kappa shape index (κ3) is 4.23. The van der Waals surface area contributed by atoms with E-state index < -0.39 is 42.5 Å². The number of hydrogen-bond donors (Lipinski definition) is 1. The first-order chi connectivity index (χ1) is 15.1. The van der Waals surface area contributed by atoms with Gasteiger partial charge in [-0.1, -0.05) is 18.2 Å². The summed E-state index contributed by atoms with van der Waals surface area (Å²) in [6.07, 6.45) is -5.54. The zero-order chi connectivity index (χ0) is 23.2. The maximum atomic E-state index is 13.5. The number of fused-ring (bicyclic) bond motifs is 1. The summed E-state index contributed by atoms with van der Waals surface area (Å²) in [6.45, 7) is 0.780. The van der Waals surface area contributed by atoms with Crippen molar-refractivity contribution >= 4 is 5.91 Å². The third-order valence-corrected chi connectivity index (χ3v) is 6.29. The Morgan fingerprint density at radius 3 is 2.50 bits per heavy atom. The van der Waals surface area contributed by atoms with Crippen molar-refractivity contribution in [1.29, 1.82) is 0 Å². The minimum Gasteiger partial charge on any atom is -0.368 e. The van der Waals surface area contributed by atoms with Crippen LogP contribution in [0.15, 0.2) is 42.5 Å². The molecule has 2 fully saturated rings. The normalized spacial score (nSPS) is 26.5. The molecule has 4 rings (SSSR count). The van der Waals surface area contributed by atoms with Crippen molar-refractivity contribution in [3.05, 3.63) is 70.5 Å². The van der Waals surface area contributed by atoms with Gasteiger partial charge in [-0.25, -0.2) is 8.78 Å². The maximum absolute atomic E-state index is 13.5. The molecule has 2 aliphatic heterocycles. The Bertz CT molecular complexity index is 995. The first kappa shape index (κ1) is 22.7. The van der Waals surface area contributed by atoms with E-state index in [1.165, 1.54) is 18.2 Å². The van der Waals surface area contributed by atoms with E-state index in [4.69, 9.17) is 10.5 Å². The number of hydrogen-bond acceptors (Lipinski definition) is 3. The lowest BCUT2D eigenvalue weighted by molar-refractivity contribution is -0.137. The molecule has 2 heterocycles. The van der Waals surface area contributed by atoms with Gasteiger partial charge in [0.1, 0.15) is 12.5 Å². The molecule has 2 aromatic rings. The largest absolute Gasteiger partial charge is 0.416 e. The Labute approximate surface area is 182 Å². The van der Waals surface area contributed by atoms with Crippen LogP contribution in [0.4, 0.5) is 22.0 Å². The van der Waals surface area contributed by atoms with Crippen molar-refractivity contribution in [1.82, 2.24) is 4.90 Å². The molecule has 2 saturated heterocycles. The molecule has 0 saturated carbocycles. The topological polar surface area (TPSA) is 55.6 Å². The Balaban J connectivity index is 1.63. The van der Waals surface area contributed by atoms with E-state index in [2.05, 4.69) is 0 Å². The fourth-order valence-corrected chi connectivity index (χ4v) is 4.77. The highest BCUT2D eigenvalue weighted by molar-refractivity contribution is 5.85. The number of amides is 1. The summed E-state index contributed by atoms with van der Waals surface area (Å²) >= 11 is 0. The minimum atomic E-state index is -4.62. The highest BCUT2D eigenvalue weighted by Gasteiger charge is 2.51. The Kier molecular flexibility index (Phi) is 5.98. The molecule has 0 aromatic heterocycles. The minimum absolute atomic E-state index is 0.0893. The van der Waals surface area contributed by atoms with Gasteiger partial charge in [-0.2, -0.15) is 13.2 Å². The van der Waals surface area contributed by atoms with Gasteiger partial charge in [-0.15, -0.1) is 0 Å². The van der Waals surface area contributed by atoms with E-state index in [0.717, 1.165) is 17.7 Å². The third-order valence-electron chi connectivity index (χ3n) is 6.29. The molecule has 2 aliphatic rings. The lowest BCUT2D eigenvalue weighted by Crippen LogP contribution is -2.36. The molecule has 4 nitrogen and oxygen atoms in total. The molecule has 2 aromatic carbocycles. The summed E-state index contributed by atoms with van der Waals surface area (Å²) in [5.74, 6) is -0.932. The molecule has 172 valence electrons. The summed E-state index contributed by atoms with van der Waals surface area (Å²) in [4.78, 5) is 14.1. The van der Waals surface area contributed by atoms with Gasteiger partial charge in [0.05, 0.1) is 23.8 Å². The van der Waals surface area contributed by atoms with Crippen molar-refractivity contribution < 1.29 is 31.5 Å². The molecule has 0 radical (unpaired) electrons. The molecular formula is C23H23F5N2O2. The fourth-order valence-electron chi connectivity index (χ4n) is 4.77. The molecule has 1 unspecified atom stereocenters. The highest BCUT2D eigenvalue weighted by Crippen LogP contribution is 2.43. The van der Waals surface area contributed by atoms with Crippen molar-refractivity contribution in [3.8, 4) is 0 Å². The summed E-state index contributed by atoms with van der Waals surface area (Å²) in [7, 11) is 0. The number of rotatable bonds is 5. The SMILES string of the molecule is C[C@@H](O[C@H]1CN2C(=O)C(N)C[C@H]2[C@@H]1c1ccc(F)cc1)c1cc(CF)cc(C(F)(F)F)c1. The van der Waals surface area contributed by atoms with Crippen LogP contribution in [0.2, 0.25) is 0 Å². The smallest absolute Gasteiger partial charge is 0.368 e. The van der Waals surface area contributed by atoms with Gasteiger partial charge < -0.3 is 15.4 Å². The van der Waals surface area contributed by atoms with E-state index in [0.29, 0.717) is 6.42 Å². The molecule has 5 atom stereocenters. The van der Waals surface area contributed by atoms with Crippen molar-refractivity contribution in [2.24, 2.45) is 5.73 Å². The molecule has 1 amide bonds. The average molecular weight is 454 g/mol. The van der Waals surface area contributed by atoms with Gasteiger partial charge in [-0.3, -0.25) is 4.79 Å². The van der Waals surface area contributed by atoms with Crippen molar-refractivity contribution in [3.63, 3.8) is 0 Å². The second-order valence-corrected chi connectivity index (χ2v) is 8.39. The van der Waals surface area contributed by atoms with Gasteiger partial charge >= 0.3 is 6.18 Å². The summed E-state index contributed by atoms with van der Waals surface area (Å²) in [5, 5.41) is 0. The lowest BCUT2D eigenvalue weighted by atomic mass is 9.87. The van der Waals surface area contributed by atoms with E-state index in [-0.39, 0.29) is 35.5 Å². The van der Waals surface area contributed by atoms with E-state index >= 15 is 0 Å². The second kappa shape index (κ2) is 8.44. The fraction of sp³-hybridized carbons (Fsp3) is 0.435. The molecule has 0 spiro atoms. The molecule has 9 heteroatoms. The summed E-state index contributed by atoms with van der Waals surface area (Å²) in [6, 6.07) is 8.07. The first-order valence-corrected chi connectivity index (χ1v) is 10.3. The van der Waals surface area contributed by atoms with Crippen LogP contribution in [0.3, 0.4) is 0 Å². The predicted octanol–water partition coefficient (Wildman–Crippen LogP) is 4.49. The van der Waals surface area contributed by atoms with Gasteiger partial charge in [0, 0.05) is 18.5 Å². The quantitative estimate of drug-likeness (QED) is 0.678. The average Bonchev–Trinajstić information content (AvgIpc) is 3.23. The Morgan fingerprint density at radius 2 is 1.88 bits per heavy atom. The monoisotopic (exact) mass is 454 g/mol. The number of carbonyl (C=O) groups excluding carboxylic acids is 1. The molecule has 32 heavy (non-hydrogen) atoms. The Morgan fingerprint density at radius 1 is 1.19 bits per heavy atom. The highest BCUT2D eigenvalue weighted by atomic mass is 19.4. The van der Waals surface area contributed by atoms with Crippen LogP contribution in [0.5, 0.6) is 0 Å². The lowest BCUT2D eigenvalue weighted by Gasteiger charge is -2.27. The Hall–Kier alpha value is -2.52. The van der Waals surface area contributed by atoms with Crippen LogP contribution in [0.25, 0.3) is 0 Å². The number of nitrogens with two attached hydrogens (primary N) is 1. The van der Waals surface area contributed by atoms with Crippen LogP contribution in [-0.4, -0.2) is 35.5 Å². The predicted molar refractivity (Wildman–Crippen MR) is 107 cm³/mol. The number of carbonyl (C=O) groups is 1. The molecule has 0 bridgehead atoms. The second-order valence-electron chi connectivity index (χ2n) is 8.39. The number of halogens is 5. The van der Waals surface area contributed by atoms with Gasteiger partial charge in [0.25, 0.3) is 0 Å². The van der Waals surface area contributed by atoms with Crippen LogP contribution >= 0.6 is 0 Å². The van der Waals surface area contributed by atoms with Crippen LogP contribution in [0.1, 0.15) is 47.6 Å². The maximum Gasteiger partial charge on any atom is 0.416 e. The van der Waals surface area contributed by atoms with Gasteiger partial charge in [-0.05, 0) is 54.3 Å². The van der Waals surface area contributed by atoms with E-state index in [1.54, 1.807) is 24.0 Å². The number of alkyl halides is 4. The molecule has 0 aliphatic carbocycles. The van der Waals surface area contributed by atoms with Crippen molar-refractivity contribution in [2.45, 2.75) is 56.4 Å². The number of nitrogens with zero attached hydrogens (tertiary/aromatic N) is 1. The van der Waals surface area contributed by atoms with Crippen LogP contribution in [0, 0.1) is 5.82 Å². The van der Waals surface area contributed by atoms with Crippen molar-refractivity contribution in [2.75, 3.05) is 6.54 Å². The van der Waals surface area contributed by atoms with Crippen LogP contribution < -0.4 is 5.73 Å². The van der Waals surface area contributed by atoms with Gasteiger partial charge in [0.2, 0.25) is 5.91 Å². The molecule has 2 N–H and O–H groups in total. The standard InChI is InChI=1S/C23H23F5N2O2/c1-12(15-6-13(10-24)7-16(8-15)23(26,27)28)32-20-11-30-19(9-18(29)22(30)31)21(20)14-2-4-17(25)5-3-14/h2-8,12,18-21H,9-11,29H2,1H3/t12-,18?,19+,20+,21+/m1/s1. The zero-order valence-corrected chi connectivity index (χ0v) is 17.3. The summed E-state index contributed by atoms with van der Waals surface area (Å²) in [5.41, 5.74) is 5.84. The first-order valence-electron chi connectivity index (χ1n) is 10.3. The number of ether oxygens (including phenoxy) is 1. The zero-order valence-electron chi connectivity index (χ0n) is 17.3. The number of benzene rings is 2. The van der Waals surface area contributed by atoms with E-state index in [9.17, 15) is 26.7 Å². The van der Waals surface area contributed by atoms with Gasteiger partial charge in [0.15, 0.2) is 0 Å². The summed E-state index contributed by atoms with van der Waals surface area (Å²) < 4.78 is 72.6. The molecular weight excluding hydrogens is 431 g/mol. The van der Waals surface area contributed by atoms with Crippen LogP contribution in [-0.2, 0) is 22.4 Å².